The van der Waals surface area contributed by atoms with E-state index in [0.717, 1.165) is 12.1 Å². The van der Waals surface area contributed by atoms with E-state index in [1.807, 2.05) is 0 Å². The third-order valence-electron chi connectivity index (χ3n) is 2.06. The molecule has 0 saturated carbocycles. The Kier molecular flexibility index (Phi) is 4.25. The van der Waals surface area contributed by atoms with Crippen molar-refractivity contribution < 1.29 is 35.1 Å². The van der Waals surface area contributed by atoms with Gasteiger partial charge in [-0.2, -0.15) is 35.8 Å². The molecule has 1 N–H and O–H groups in total. The van der Waals surface area contributed by atoms with E-state index in [-0.39, 0.29) is 5.56 Å². The van der Waals surface area contributed by atoms with Crippen LogP contribution >= 0.6 is 0 Å². The Balaban J connectivity index is 2.86. The molecule has 0 saturated heterocycles. The summed E-state index contributed by atoms with van der Waals surface area (Å²) in [5, 5.41) is 2.51. The molecular weight excluding hydrogens is 300 g/mol. The van der Waals surface area contributed by atoms with E-state index in [0.29, 0.717) is 11.6 Å². The summed E-state index contributed by atoms with van der Waals surface area (Å²) in [6.07, 6.45) is -6.10. The molecule has 0 atom stereocenters. The molecule has 0 aromatic heterocycles. The van der Waals surface area contributed by atoms with E-state index in [1.165, 1.54) is 12.1 Å². The molecule has 1 aromatic rings. The smallest absolute Gasteiger partial charge is 0.242 e. The van der Waals surface area contributed by atoms with Crippen molar-refractivity contribution in [1.82, 2.24) is 5.43 Å². The summed E-state index contributed by atoms with van der Waals surface area (Å²) in [7, 11) is 0. The second kappa shape index (κ2) is 5.25. The molecule has 0 bridgehead atoms. The van der Waals surface area contributed by atoms with Gasteiger partial charge in [0, 0.05) is 5.56 Å². The van der Waals surface area contributed by atoms with Crippen LogP contribution in [-0.2, 0) is 0 Å². The van der Waals surface area contributed by atoms with Crippen molar-refractivity contribution >= 4 is 6.21 Å². The largest absolute Gasteiger partial charge is 0.462 e. The lowest BCUT2D eigenvalue weighted by Gasteiger charge is -2.27. The Morgan fingerprint density at radius 3 is 2.00 bits per heavy atom. The molecular formula is C10H6F8N2. The van der Waals surface area contributed by atoms with Crippen LogP contribution in [0.2, 0.25) is 0 Å². The maximum Gasteiger partial charge on any atom is 0.462 e. The summed E-state index contributed by atoms with van der Waals surface area (Å²) in [6.45, 7) is 0. The van der Waals surface area contributed by atoms with E-state index in [1.54, 1.807) is 0 Å². The predicted octanol–water partition coefficient (Wildman–Crippen LogP) is 3.54. The van der Waals surface area contributed by atoms with Crippen LogP contribution in [-0.4, -0.2) is 24.4 Å². The highest BCUT2D eigenvalue weighted by Crippen LogP contribution is 2.44. The molecule has 0 amide bonds. The Morgan fingerprint density at radius 2 is 1.50 bits per heavy atom. The minimum absolute atomic E-state index is 0.357. The fourth-order valence-electron chi connectivity index (χ4n) is 1.01. The number of alkyl halides is 7. The van der Waals surface area contributed by atoms with Crippen LogP contribution in [0.5, 0.6) is 0 Å². The van der Waals surface area contributed by atoms with E-state index < -0.39 is 24.0 Å². The fraction of sp³-hybridized carbons (Fsp3) is 0.300. The first-order valence-corrected chi connectivity index (χ1v) is 4.86. The van der Waals surface area contributed by atoms with Crippen LogP contribution in [0.25, 0.3) is 0 Å². The highest BCUT2D eigenvalue weighted by molar-refractivity contribution is 5.79. The molecule has 1 rings (SSSR count). The molecule has 0 radical (unpaired) electrons. The zero-order chi connectivity index (χ0) is 15.6. The number of nitrogens with zero attached hydrogens (tertiary/aromatic N) is 1. The molecule has 0 aliphatic rings. The minimum atomic E-state index is -6.46. The lowest BCUT2D eigenvalue weighted by atomic mass is 10.2. The average Bonchev–Trinajstić information content (AvgIpc) is 2.29. The minimum Gasteiger partial charge on any atom is -0.242 e. The first-order chi connectivity index (χ1) is 8.99. The van der Waals surface area contributed by atoms with Crippen LogP contribution in [0.1, 0.15) is 5.56 Å². The van der Waals surface area contributed by atoms with Gasteiger partial charge >= 0.3 is 18.1 Å². The fourth-order valence-corrected chi connectivity index (χ4v) is 1.01. The molecule has 0 aliphatic heterocycles. The lowest BCUT2D eigenvalue weighted by molar-refractivity contribution is -0.361. The number of hydrogen-bond acceptors (Lipinski definition) is 2. The van der Waals surface area contributed by atoms with Gasteiger partial charge in [0.2, 0.25) is 0 Å². The number of rotatable bonds is 4. The van der Waals surface area contributed by atoms with E-state index in [9.17, 15) is 35.1 Å². The van der Waals surface area contributed by atoms with Crippen molar-refractivity contribution in [2.75, 3.05) is 0 Å². The highest BCUT2D eigenvalue weighted by atomic mass is 19.4. The standard InChI is InChI=1S/C10H6F8N2/c11-7-4-2-1-3-6(7)5-19-20-10(17,18)8(12,13)9(14,15)16/h1-5,20H/b19-5+. The monoisotopic (exact) mass is 306 g/mol. The van der Waals surface area contributed by atoms with Gasteiger partial charge in [-0.3, -0.25) is 0 Å². The number of nitrogens with one attached hydrogen (secondary N) is 1. The Hall–Kier alpha value is -1.87. The number of hydrazone groups is 1. The summed E-state index contributed by atoms with van der Waals surface area (Å²) in [5.74, 6) is -7.24. The molecule has 0 unspecified atom stereocenters. The van der Waals surface area contributed by atoms with Crippen molar-refractivity contribution in [3.8, 4) is 0 Å². The molecule has 112 valence electrons. The van der Waals surface area contributed by atoms with Gasteiger partial charge in [0.1, 0.15) is 5.82 Å². The van der Waals surface area contributed by atoms with E-state index in [2.05, 4.69) is 5.10 Å². The van der Waals surface area contributed by atoms with Gasteiger partial charge in [-0.25, -0.2) is 9.82 Å². The average molecular weight is 306 g/mol. The van der Waals surface area contributed by atoms with Crippen molar-refractivity contribution in [3.63, 3.8) is 0 Å². The van der Waals surface area contributed by atoms with Gasteiger partial charge in [0.25, 0.3) is 0 Å². The van der Waals surface area contributed by atoms with Crippen LogP contribution < -0.4 is 5.43 Å². The number of halogens is 8. The highest BCUT2D eigenvalue weighted by Gasteiger charge is 2.73. The zero-order valence-electron chi connectivity index (χ0n) is 9.36. The maximum atomic E-state index is 13.0. The van der Waals surface area contributed by atoms with Gasteiger partial charge in [0.05, 0.1) is 6.21 Å². The third kappa shape index (κ3) is 3.17. The van der Waals surface area contributed by atoms with Gasteiger partial charge in [-0.15, -0.1) is 0 Å². The van der Waals surface area contributed by atoms with Gasteiger partial charge in [-0.05, 0) is 6.07 Å². The predicted molar refractivity (Wildman–Crippen MR) is 53.1 cm³/mol. The van der Waals surface area contributed by atoms with E-state index in [4.69, 9.17) is 0 Å². The second-order valence-corrected chi connectivity index (χ2v) is 3.54. The van der Waals surface area contributed by atoms with Crippen LogP contribution in [0.4, 0.5) is 35.1 Å². The van der Waals surface area contributed by atoms with Crippen molar-refractivity contribution in [2.45, 2.75) is 18.1 Å². The van der Waals surface area contributed by atoms with Crippen LogP contribution in [0.3, 0.4) is 0 Å². The van der Waals surface area contributed by atoms with E-state index >= 15 is 0 Å². The summed E-state index contributed by atoms with van der Waals surface area (Å²) >= 11 is 0. The molecule has 20 heavy (non-hydrogen) atoms. The summed E-state index contributed by atoms with van der Waals surface area (Å²) in [6, 6.07) is -1.16. The molecule has 0 fully saturated rings. The van der Waals surface area contributed by atoms with Gasteiger partial charge < -0.3 is 0 Å². The zero-order valence-corrected chi connectivity index (χ0v) is 9.36. The Morgan fingerprint density at radius 1 is 0.950 bits per heavy atom. The summed E-state index contributed by atoms with van der Waals surface area (Å²) in [4.78, 5) is 0. The summed E-state index contributed by atoms with van der Waals surface area (Å²) in [5.41, 5.74) is 0.0116. The van der Waals surface area contributed by atoms with Crippen LogP contribution in [0.15, 0.2) is 29.4 Å². The lowest BCUT2D eigenvalue weighted by Crippen LogP contribution is -2.58. The third-order valence-corrected chi connectivity index (χ3v) is 2.06. The molecule has 0 aliphatic carbocycles. The number of hydrogen-bond donors (Lipinski definition) is 1. The molecule has 0 spiro atoms. The first kappa shape index (κ1) is 16.2. The first-order valence-electron chi connectivity index (χ1n) is 4.86. The van der Waals surface area contributed by atoms with Gasteiger partial charge in [-0.1, -0.05) is 18.2 Å². The topological polar surface area (TPSA) is 24.4 Å². The maximum absolute atomic E-state index is 13.0. The second-order valence-electron chi connectivity index (χ2n) is 3.54. The molecule has 0 heterocycles. The quantitative estimate of drug-likeness (QED) is 0.391. The van der Waals surface area contributed by atoms with Crippen molar-refractivity contribution in [3.05, 3.63) is 35.6 Å². The SMILES string of the molecule is Fc1ccccc1/C=N/NC(F)(F)C(F)(F)C(F)(F)F. The van der Waals surface area contributed by atoms with Crippen molar-refractivity contribution in [2.24, 2.45) is 5.10 Å². The molecule has 1 aromatic carbocycles. The van der Waals surface area contributed by atoms with Crippen molar-refractivity contribution in [1.29, 1.82) is 0 Å². The van der Waals surface area contributed by atoms with Gasteiger partial charge in [0.15, 0.2) is 0 Å². The molecule has 10 heteroatoms. The summed E-state index contributed by atoms with van der Waals surface area (Å²) < 4.78 is 98.6. The normalized spacial score (nSPS) is 13.8. The Labute approximate surface area is 107 Å². The Bertz CT molecular complexity index is 494. The van der Waals surface area contributed by atoms with Crippen LogP contribution in [0, 0.1) is 5.82 Å². The number of benzene rings is 1. The molecule has 2 nitrogen and oxygen atoms in total.